The maximum Gasteiger partial charge on any atom is 0.140 e. The Bertz CT molecular complexity index is 1960. The first-order valence-electron chi connectivity index (χ1n) is 22.4. The highest BCUT2D eigenvalue weighted by molar-refractivity contribution is 5.98. The molecule has 4 saturated carbocycles. The molecule has 2 aromatic rings. The average Bonchev–Trinajstić information content (AvgIpc) is 3.81. The number of hydrogen-bond donors (Lipinski definition) is 0. The quantitative estimate of drug-likeness (QED) is 0.150. The second-order valence-electron chi connectivity index (χ2n) is 20.4. The number of ether oxygens (including phenoxy) is 2. The summed E-state index contributed by atoms with van der Waals surface area (Å²) in [6.07, 6.45) is 13.3. The molecule has 57 heavy (non-hydrogen) atoms. The molecule has 6 nitrogen and oxygen atoms in total. The lowest BCUT2D eigenvalue weighted by Crippen LogP contribution is -2.38. The average molecular weight is 777 g/mol. The van der Waals surface area contributed by atoms with Gasteiger partial charge in [0.25, 0.3) is 0 Å². The molecule has 7 rings (SSSR count). The predicted molar refractivity (Wildman–Crippen MR) is 228 cm³/mol. The number of ketones is 4. The van der Waals surface area contributed by atoms with Crippen molar-refractivity contribution in [2.24, 2.45) is 58.2 Å². The zero-order chi connectivity index (χ0) is 41.0. The van der Waals surface area contributed by atoms with Crippen LogP contribution in [-0.2, 0) is 19.2 Å². The molecule has 0 radical (unpaired) electrons. The first-order valence-corrected chi connectivity index (χ1v) is 22.4. The summed E-state index contributed by atoms with van der Waals surface area (Å²) in [4.78, 5) is 56.3. The molecule has 4 fully saturated rings. The van der Waals surface area contributed by atoms with Gasteiger partial charge in [-0.15, -0.1) is 0 Å². The van der Waals surface area contributed by atoms with Gasteiger partial charge in [-0.3, -0.25) is 19.2 Å². The van der Waals surface area contributed by atoms with E-state index < -0.39 is 28.6 Å². The van der Waals surface area contributed by atoms with Crippen LogP contribution in [0.1, 0.15) is 144 Å². The Labute approximate surface area is 342 Å². The molecule has 5 aliphatic carbocycles. The van der Waals surface area contributed by atoms with Crippen LogP contribution in [0, 0.1) is 65.1 Å². The number of aryl methyl sites for hydroxylation is 1. The number of benzene rings is 2. The van der Waals surface area contributed by atoms with E-state index in [0.717, 1.165) is 83.8 Å². The van der Waals surface area contributed by atoms with Crippen LogP contribution in [-0.4, -0.2) is 35.8 Å². The number of Topliss-reactive ketones (excluding diaryl/α,β-unsaturated/α-hetero) is 4. The van der Waals surface area contributed by atoms with Crippen LogP contribution in [0.5, 0.6) is 11.5 Å². The Morgan fingerprint density at radius 1 is 0.912 bits per heavy atom. The largest absolute Gasteiger partial charge is 0.494 e. The third-order valence-corrected chi connectivity index (χ3v) is 14.8. The molecular weight excluding hydrogens is 709 g/mol. The van der Waals surface area contributed by atoms with Gasteiger partial charge in [0.2, 0.25) is 0 Å². The van der Waals surface area contributed by atoms with Crippen molar-refractivity contribution in [3.8, 4) is 11.5 Å². The van der Waals surface area contributed by atoms with E-state index in [1.165, 1.54) is 17.6 Å². The molecule has 308 valence electrons. The van der Waals surface area contributed by atoms with Crippen LogP contribution in [0.15, 0.2) is 42.0 Å². The summed E-state index contributed by atoms with van der Waals surface area (Å²) in [6.45, 7) is 19.1. The highest BCUT2D eigenvalue weighted by Gasteiger charge is 2.59. The fourth-order valence-electron chi connectivity index (χ4n) is 11.3. The van der Waals surface area contributed by atoms with Crippen LogP contribution in [0.3, 0.4) is 0 Å². The maximum atomic E-state index is 15.0. The van der Waals surface area contributed by atoms with E-state index in [1.807, 2.05) is 13.0 Å². The van der Waals surface area contributed by atoms with Gasteiger partial charge in [0, 0.05) is 47.8 Å². The minimum absolute atomic E-state index is 0.00417. The van der Waals surface area contributed by atoms with Gasteiger partial charge in [-0.2, -0.15) is 0 Å². The molecule has 2 aromatic carbocycles. The van der Waals surface area contributed by atoms with Gasteiger partial charge in [-0.1, -0.05) is 65.7 Å². The highest BCUT2D eigenvalue weighted by atomic mass is 16.5. The Balaban J connectivity index is 1.20. The summed E-state index contributed by atoms with van der Waals surface area (Å²) in [7, 11) is 0. The van der Waals surface area contributed by atoms with Crippen molar-refractivity contribution < 1.29 is 28.7 Å². The van der Waals surface area contributed by atoms with Crippen molar-refractivity contribution in [3.63, 3.8) is 0 Å². The summed E-state index contributed by atoms with van der Waals surface area (Å²) >= 11 is 0. The van der Waals surface area contributed by atoms with E-state index in [2.05, 4.69) is 78.8 Å². The van der Waals surface area contributed by atoms with Gasteiger partial charge >= 0.3 is 0 Å². The normalized spacial score (nSPS) is 29.5. The van der Waals surface area contributed by atoms with E-state index in [1.54, 1.807) is 6.92 Å². The van der Waals surface area contributed by atoms with E-state index >= 15 is 4.79 Å². The summed E-state index contributed by atoms with van der Waals surface area (Å²) in [5.74, 6) is 3.11. The Kier molecular flexibility index (Phi) is 11.9. The molecule has 0 saturated heterocycles. The SMILES string of the molecule is CCOc1ccc2c(OC3CC(C(=O)CC4(C(C)=O)CC4CC)C(C(=O)C(CC(=O)CC4CC5CC5C4)C(C)(C)C)C3)cc(C3=CCC(CC(C)C)=C3)cc2c1C. The topological polar surface area (TPSA) is 86.7 Å². The third kappa shape index (κ3) is 8.76. The minimum Gasteiger partial charge on any atom is -0.494 e. The molecule has 6 heteroatoms. The van der Waals surface area contributed by atoms with Crippen LogP contribution < -0.4 is 9.47 Å². The van der Waals surface area contributed by atoms with Gasteiger partial charge in [0.1, 0.15) is 40.7 Å². The standard InChI is InChI=1S/C51H68O6/c1-10-38-27-51(38,31(6)52)28-46(54)43-25-40(26-44(43)49(55)45(50(7,8)9)24-39(53)20-33-18-35-21-36(35)19-33)57-48-23-37(34-13-12-32(17-34)16-29(3)4)22-42-30(5)47(56-11-2)15-14-41(42)48/h13-15,17,22-23,29,33,35-36,38,40,43-45H,10-12,16,18-21,24-28H2,1-9H3. The van der Waals surface area contributed by atoms with Crippen molar-refractivity contribution in [2.45, 2.75) is 145 Å². The summed E-state index contributed by atoms with van der Waals surface area (Å²) in [5.41, 5.74) is 3.69. The molecule has 0 amide bonds. The molecule has 0 spiro atoms. The lowest BCUT2D eigenvalue weighted by molar-refractivity contribution is -0.139. The molecule has 5 aliphatic rings. The smallest absolute Gasteiger partial charge is 0.140 e. The second kappa shape index (κ2) is 16.3. The van der Waals surface area contributed by atoms with Crippen molar-refractivity contribution in [2.75, 3.05) is 6.61 Å². The predicted octanol–water partition coefficient (Wildman–Crippen LogP) is 11.7. The van der Waals surface area contributed by atoms with E-state index in [0.29, 0.717) is 37.7 Å². The Morgan fingerprint density at radius 2 is 1.63 bits per heavy atom. The molecule has 0 bridgehead atoms. The van der Waals surface area contributed by atoms with E-state index in [4.69, 9.17) is 9.47 Å². The van der Waals surface area contributed by atoms with Crippen molar-refractivity contribution in [3.05, 3.63) is 53.1 Å². The number of hydrogen-bond acceptors (Lipinski definition) is 6. The first kappa shape index (κ1) is 41.6. The molecule has 0 N–H and O–H groups in total. The van der Waals surface area contributed by atoms with Gasteiger partial charge < -0.3 is 9.47 Å². The zero-order valence-electron chi connectivity index (χ0n) is 36.3. The lowest BCUT2D eigenvalue weighted by Gasteiger charge is -2.33. The summed E-state index contributed by atoms with van der Waals surface area (Å²) < 4.78 is 13.1. The highest BCUT2D eigenvalue weighted by Crippen LogP contribution is 2.59. The maximum absolute atomic E-state index is 15.0. The van der Waals surface area contributed by atoms with Gasteiger partial charge in [0.15, 0.2) is 0 Å². The fourth-order valence-corrected chi connectivity index (χ4v) is 11.3. The van der Waals surface area contributed by atoms with Crippen LogP contribution in [0.4, 0.5) is 0 Å². The molecule has 8 atom stereocenters. The van der Waals surface area contributed by atoms with Gasteiger partial charge in [-0.25, -0.2) is 0 Å². The van der Waals surface area contributed by atoms with Gasteiger partial charge in [-0.05, 0) is 153 Å². The molecule has 0 heterocycles. The number of carbonyl (C=O) groups is 4. The number of fused-ring (bicyclic) bond motifs is 2. The monoisotopic (exact) mass is 777 g/mol. The first-order chi connectivity index (χ1) is 27.0. The van der Waals surface area contributed by atoms with Crippen LogP contribution in [0.2, 0.25) is 0 Å². The molecule has 8 unspecified atom stereocenters. The third-order valence-electron chi connectivity index (χ3n) is 14.8. The Hall–Kier alpha value is -3.54. The van der Waals surface area contributed by atoms with E-state index in [-0.39, 0.29) is 48.0 Å². The zero-order valence-corrected chi connectivity index (χ0v) is 36.3. The van der Waals surface area contributed by atoms with Gasteiger partial charge in [0.05, 0.1) is 6.61 Å². The molecule has 0 aliphatic heterocycles. The number of allylic oxidation sites excluding steroid dienone is 4. The second-order valence-corrected chi connectivity index (χ2v) is 20.4. The molecule has 0 aromatic heterocycles. The Morgan fingerprint density at radius 3 is 2.26 bits per heavy atom. The van der Waals surface area contributed by atoms with E-state index in [9.17, 15) is 14.4 Å². The lowest BCUT2D eigenvalue weighted by atomic mass is 9.69. The van der Waals surface area contributed by atoms with Crippen molar-refractivity contribution >= 4 is 39.5 Å². The van der Waals surface area contributed by atoms with Crippen molar-refractivity contribution in [1.82, 2.24) is 0 Å². The molecular formula is C51H68O6. The fraction of sp³-hybridized carbons (Fsp3) is 0.647. The summed E-state index contributed by atoms with van der Waals surface area (Å²) in [6, 6.07) is 8.46. The minimum atomic E-state index is -0.614. The van der Waals surface area contributed by atoms with Crippen molar-refractivity contribution in [1.29, 1.82) is 0 Å². The summed E-state index contributed by atoms with van der Waals surface area (Å²) in [5, 5.41) is 2.04. The van der Waals surface area contributed by atoms with Crippen LogP contribution >= 0.6 is 0 Å². The number of carbonyl (C=O) groups excluding carboxylic acids is 4. The van der Waals surface area contributed by atoms with Crippen LogP contribution in [0.25, 0.3) is 16.3 Å². The number of rotatable bonds is 18.